The summed E-state index contributed by atoms with van der Waals surface area (Å²) >= 11 is 0. The summed E-state index contributed by atoms with van der Waals surface area (Å²) in [5.41, 5.74) is 13.9. The van der Waals surface area contributed by atoms with Crippen molar-refractivity contribution in [3.05, 3.63) is 35.4 Å². The second-order valence-corrected chi connectivity index (χ2v) is 5.27. The maximum absolute atomic E-state index is 11.0. The Balaban J connectivity index is 2.10. The molecule has 4 heteroatoms. The molecule has 1 amide bonds. The van der Waals surface area contributed by atoms with Crippen molar-refractivity contribution in [2.75, 3.05) is 19.6 Å². The summed E-state index contributed by atoms with van der Waals surface area (Å²) in [6.45, 7) is 4.01. The van der Waals surface area contributed by atoms with Crippen molar-refractivity contribution >= 4 is 5.91 Å². The summed E-state index contributed by atoms with van der Waals surface area (Å²) in [6.07, 6.45) is 0.971. The van der Waals surface area contributed by atoms with Crippen molar-refractivity contribution in [3.63, 3.8) is 0 Å². The second-order valence-electron chi connectivity index (χ2n) is 5.27. The molecule has 4 nitrogen and oxygen atoms in total. The van der Waals surface area contributed by atoms with Crippen LogP contribution in [0.3, 0.4) is 0 Å². The van der Waals surface area contributed by atoms with Crippen molar-refractivity contribution in [2.24, 2.45) is 11.5 Å². The molecule has 2 atom stereocenters. The third kappa shape index (κ3) is 3.31. The van der Waals surface area contributed by atoms with E-state index in [1.807, 2.05) is 0 Å². The first-order valence-electron chi connectivity index (χ1n) is 6.37. The molecule has 0 aliphatic carbocycles. The van der Waals surface area contributed by atoms with Gasteiger partial charge in [-0.05, 0) is 24.8 Å². The number of benzene rings is 1. The van der Waals surface area contributed by atoms with Crippen LogP contribution in [0.2, 0.25) is 0 Å². The first-order valence-corrected chi connectivity index (χ1v) is 6.37. The van der Waals surface area contributed by atoms with Gasteiger partial charge in [-0.25, -0.2) is 0 Å². The van der Waals surface area contributed by atoms with Crippen molar-refractivity contribution in [3.8, 4) is 0 Å². The molecule has 1 aromatic carbocycles. The number of carbonyl (C=O) groups excluding carboxylic acids is 1. The molecular weight excluding hydrogens is 226 g/mol. The molecule has 1 aliphatic heterocycles. The fraction of sp³-hybridized carbons (Fsp3) is 0.500. The highest BCUT2D eigenvalue weighted by Crippen LogP contribution is 2.26. The summed E-state index contributed by atoms with van der Waals surface area (Å²) in [5.74, 6) is 0.111. The van der Waals surface area contributed by atoms with Crippen molar-refractivity contribution < 1.29 is 4.79 Å². The van der Waals surface area contributed by atoms with Crippen LogP contribution in [0.5, 0.6) is 0 Å². The van der Waals surface area contributed by atoms with E-state index in [2.05, 4.69) is 36.1 Å². The smallest absolute Gasteiger partial charge is 0.231 e. The third-order valence-corrected chi connectivity index (χ3v) is 3.45. The first-order chi connectivity index (χ1) is 8.54. The van der Waals surface area contributed by atoms with Crippen LogP contribution in [0.4, 0.5) is 0 Å². The number of rotatable bonds is 3. The maximum Gasteiger partial charge on any atom is 0.231 e. The Bertz CT molecular complexity index is 433. The first kappa shape index (κ1) is 13.1. The summed E-state index contributed by atoms with van der Waals surface area (Å²) in [6, 6.07) is 8.61. The monoisotopic (exact) mass is 247 g/mol. The Labute approximate surface area is 108 Å². The number of nitrogens with two attached hydrogens (primary N) is 2. The topological polar surface area (TPSA) is 72.3 Å². The van der Waals surface area contributed by atoms with Gasteiger partial charge in [0.05, 0.1) is 6.54 Å². The number of carbonyl (C=O) groups is 1. The number of aryl methyl sites for hydroxylation is 1. The van der Waals surface area contributed by atoms with Crippen LogP contribution in [0.25, 0.3) is 0 Å². The van der Waals surface area contributed by atoms with Gasteiger partial charge in [-0.3, -0.25) is 9.69 Å². The molecule has 4 N–H and O–H groups in total. The van der Waals surface area contributed by atoms with Gasteiger partial charge in [0.15, 0.2) is 0 Å². The predicted octanol–water partition coefficient (Wildman–Crippen LogP) is 0.597. The van der Waals surface area contributed by atoms with E-state index in [-0.39, 0.29) is 11.9 Å². The van der Waals surface area contributed by atoms with Crippen LogP contribution in [0.1, 0.15) is 23.5 Å². The van der Waals surface area contributed by atoms with Gasteiger partial charge in [0.2, 0.25) is 5.91 Å². The Morgan fingerprint density at radius 1 is 1.44 bits per heavy atom. The van der Waals surface area contributed by atoms with Gasteiger partial charge in [-0.15, -0.1) is 0 Å². The number of hydrogen-bond acceptors (Lipinski definition) is 3. The lowest BCUT2D eigenvalue weighted by atomic mass is 9.88. The molecule has 1 heterocycles. The SMILES string of the molecule is Cc1cccc(C2CC(N)CN(CC(N)=O)C2)c1. The molecule has 1 aromatic rings. The van der Waals surface area contributed by atoms with Gasteiger partial charge in [-0.1, -0.05) is 29.8 Å². The molecule has 1 aliphatic rings. The molecule has 1 saturated heterocycles. The number of amides is 1. The van der Waals surface area contributed by atoms with Crippen LogP contribution in [-0.2, 0) is 4.79 Å². The zero-order valence-electron chi connectivity index (χ0n) is 10.8. The van der Waals surface area contributed by atoms with Crippen molar-refractivity contribution in [1.29, 1.82) is 0 Å². The van der Waals surface area contributed by atoms with Crippen molar-refractivity contribution in [2.45, 2.75) is 25.3 Å². The van der Waals surface area contributed by atoms with E-state index in [1.54, 1.807) is 0 Å². The van der Waals surface area contributed by atoms with Crippen LogP contribution < -0.4 is 11.5 Å². The summed E-state index contributed by atoms with van der Waals surface area (Å²) < 4.78 is 0. The van der Waals surface area contributed by atoms with Crippen LogP contribution in [0.15, 0.2) is 24.3 Å². The minimum atomic E-state index is -0.285. The molecule has 98 valence electrons. The fourth-order valence-electron chi connectivity index (χ4n) is 2.75. The van der Waals surface area contributed by atoms with E-state index in [4.69, 9.17) is 11.5 Å². The van der Waals surface area contributed by atoms with E-state index in [0.29, 0.717) is 12.5 Å². The van der Waals surface area contributed by atoms with Crippen LogP contribution >= 0.6 is 0 Å². The molecule has 0 radical (unpaired) electrons. The van der Waals surface area contributed by atoms with Gasteiger partial charge < -0.3 is 11.5 Å². The number of likely N-dealkylation sites (tertiary alicyclic amines) is 1. The minimum absolute atomic E-state index is 0.114. The van der Waals surface area contributed by atoms with Gasteiger partial charge in [-0.2, -0.15) is 0 Å². The highest BCUT2D eigenvalue weighted by atomic mass is 16.1. The zero-order chi connectivity index (χ0) is 13.1. The molecule has 0 spiro atoms. The number of primary amides is 1. The highest BCUT2D eigenvalue weighted by Gasteiger charge is 2.26. The van der Waals surface area contributed by atoms with Crippen LogP contribution in [0, 0.1) is 6.92 Å². The third-order valence-electron chi connectivity index (χ3n) is 3.45. The van der Waals surface area contributed by atoms with E-state index in [9.17, 15) is 4.79 Å². The van der Waals surface area contributed by atoms with Gasteiger partial charge >= 0.3 is 0 Å². The lowest BCUT2D eigenvalue weighted by Gasteiger charge is -2.36. The molecular formula is C14H21N3O. The minimum Gasteiger partial charge on any atom is -0.369 e. The molecule has 1 fully saturated rings. The quantitative estimate of drug-likeness (QED) is 0.821. The number of nitrogens with zero attached hydrogens (tertiary/aromatic N) is 1. The number of hydrogen-bond donors (Lipinski definition) is 2. The van der Waals surface area contributed by atoms with Gasteiger partial charge in [0, 0.05) is 19.1 Å². The molecule has 0 saturated carbocycles. The summed E-state index contributed by atoms with van der Waals surface area (Å²) in [7, 11) is 0. The molecule has 18 heavy (non-hydrogen) atoms. The average molecular weight is 247 g/mol. The molecule has 2 rings (SSSR count). The van der Waals surface area contributed by atoms with E-state index >= 15 is 0 Å². The second kappa shape index (κ2) is 5.50. The Kier molecular flexibility index (Phi) is 3.99. The van der Waals surface area contributed by atoms with Gasteiger partial charge in [0.1, 0.15) is 0 Å². The fourth-order valence-corrected chi connectivity index (χ4v) is 2.75. The van der Waals surface area contributed by atoms with Crippen LogP contribution in [-0.4, -0.2) is 36.5 Å². The zero-order valence-corrected chi connectivity index (χ0v) is 10.8. The normalized spacial score (nSPS) is 25.0. The highest BCUT2D eigenvalue weighted by molar-refractivity contribution is 5.75. The summed E-state index contributed by atoms with van der Waals surface area (Å²) in [4.78, 5) is 13.1. The lowest BCUT2D eigenvalue weighted by molar-refractivity contribution is -0.119. The van der Waals surface area contributed by atoms with Gasteiger partial charge in [0.25, 0.3) is 0 Å². The van der Waals surface area contributed by atoms with Crippen molar-refractivity contribution in [1.82, 2.24) is 4.90 Å². The van der Waals surface area contributed by atoms with E-state index in [0.717, 1.165) is 19.5 Å². The number of piperidine rings is 1. The van der Waals surface area contributed by atoms with E-state index < -0.39 is 0 Å². The average Bonchev–Trinajstić information content (AvgIpc) is 2.27. The molecule has 2 unspecified atom stereocenters. The van der Waals surface area contributed by atoms with E-state index in [1.165, 1.54) is 11.1 Å². The largest absolute Gasteiger partial charge is 0.369 e. The Hall–Kier alpha value is -1.39. The lowest BCUT2D eigenvalue weighted by Crippen LogP contribution is -2.48. The summed E-state index contributed by atoms with van der Waals surface area (Å²) in [5, 5.41) is 0. The Morgan fingerprint density at radius 3 is 2.89 bits per heavy atom. The Morgan fingerprint density at radius 2 is 2.22 bits per heavy atom. The molecule has 0 aromatic heterocycles. The molecule has 0 bridgehead atoms. The maximum atomic E-state index is 11.0. The predicted molar refractivity (Wildman–Crippen MR) is 72.1 cm³/mol. The standard InChI is InChI=1S/C14H21N3O/c1-10-3-2-4-11(5-10)12-6-13(15)8-17(7-12)9-14(16)18/h2-5,12-13H,6-9,15H2,1H3,(H2,16,18).